The molecular formula is C18H24IN6O+. The number of morpholine rings is 1. The van der Waals surface area contributed by atoms with E-state index in [0.29, 0.717) is 0 Å². The predicted octanol–water partition coefficient (Wildman–Crippen LogP) is 1.30. The van der Waals surface area contributed by atoms with Crippen LogP contribution >= 0.6 is 22.9 Å². The molecule has 8 heteroatoms. The molecule has 3 heterocycles. The van der Waals surface area contributed by atoms with Crippen molar-refractivity contribution in [3.8, 4) is 0 Å². The first-order valence-electron chi connectivity index (χ1n) is 8.68. The van der Waals surface area contributed by atoms with Gasteiger partial charge < -0.3 is 18.6 Å². The number of nitrogens with one attached hydrogen (secondary N) is 1. The first kappa shape index (κ1) is 19.2. The number of anilines is 1. The minimum atomic E-state index is 0.825. The fourth-order valence-electron chi connectivity index (χ4n) is 2.85. The second-order valence-corrected chi connectivity index (χ2v) is 7.60. The summed E-state index contributed by atoms with van der Waals surface area (Å²) in [4.78, 5) is 11.5. The van der Waals surface area contributed by atoms with Crippen LogP contribution in [0.5, 0.6) is 0 Å². The Bertz CT molecular complexity index is 788. The van der Waals surface area contributed by atoms with E-state index in [2.05, 4.69) is 43.0 Å². The third kappa shape index (κ3) is 4.97. The molecule has 0 atom stereocenters. The topological polar surface area (TPSA) is 82.0 Å². The Morgan fingerprint density at radius 1 is 1.38 bits per heavy atom. The van der Waals surface area contributed by atoms with E-state index >= 15 is 0 Å². The number of aromatic nitrogens is 2. The largest absolute Gasteiger partial charge is 0.379 e. The molecule has 1 saturated heterocycles. The van der Waals surface area contributed by atoms with Crippen molar-refractivity contribution in [2.45, 2.75) is 0 Å². The van der Waals surface area contributed by atoms with E-state index in [9.17, 15) is 0 Å². The van der Waals surface area contributed by atoms with Gasteiger partial charge >= 0.3 is 0 Å². The Morgan fingerprint density at radius 3 is 2.92 bits per heavy atom. The van der Waals surface area contributed by atoms with Gasteiger partial charge in [-0.3, -0.25) is 9.88 Å². The number of hydrogen-bond donors (Lipinski definition) is 2. The Morgan fingerprint density at radius 2 is 2.19 bits per heavy atom. The summed E-state index contributed by atoms with van der Waals surface area (Å²) in [7, 11) is 1.96. The van der Waals surface area contributed by atoms with Crippen molar-refractivity contribution in [1.29, 1.82) is 5.41 Å². The Labute approximate surface area is 167 Å². The quantitative estimate of drug-likeness (QED) is 0.278. The number of pyridine rings is 2. The maximum Gasteiger partial charge on any atom is 0.137 e. The summed E-state index contributed by atoms with van der Waals surface area (Å²) in [5, 5.41) is 9.88. The molecule has 0 aromatic carbocycles. The molecule has 0 spiro atoms. The van der Waals surface area contributed by atoms with Crippen molar-refractivity contribution in [3.05, 3.63) is 36.2 Å². The van der Waals surface area contributed by atoms with Crippen LogP contribution in [0.1, 0.15) is 5.56 Å². The number of hydrogen-bond acceptors (Lipinski definition) is 6. The zero-order valence-electron chi connectivity index (χ0n) is 14.9. The van der Waals surface area contributed by atoms with Gasteiger partial charge in [-0.15, -0.1) is 0 Å². The average molecular weight is 467 g/mol. The maximum absolute atomic E-state index is 7.75. The van der Waals surface area contributed by atoms with Crippen molar-refractivity contribution >= 4 is 51.5 Å². The van der Waals surface area contributed by atoms with Crippen LogP contribution in [-0.2, 0) is 4.74 Å². The van der Waals surface area contributed by atoms with Crippen molar-refractivity contribution in [3.63, 3.8) is 0 Å². The zero-order chi connectivity index (χ0) is 18.4. The number of halogens is 1. The van der Waals surface area contributed by atoms with Crippen LogP contribution in [0.25, 0.3) is 16.6 Å². The monoisotopic (exact) mass is 467 g/mol. The molecule has 2 aromatic rings. The number of quaternary nitrogens is 1. The summed E-state index contributed by atoms with van der Waals surface area (Å²) in [5.74, 6) is 0.884. The highest BCUT2D eigenvalue weighted by atomic mass is 127. The zero-order valence-corrected chi connectivity index (χ0v) is 17.0. The number of ether oxygens (including phenoxy) is 1. The molecule has 2 aromatic heterocycles. The number of rotatable bonds is 7. The van der Waals surface area contributed by atoms with Gasteiger partial charge in [-0.2, -0.15) is 0 Å². The molecule has 0 saturated carbocycles. The van der Waals surface area contributed by atoms with Gasteiger partial charge in [0.05, 0.1) is 59.2 Å². The Hall–Kier alpha value is -1.62. The SMILES string of the molecule is CN(I)c1ccc2ncc(/C(C=N)=C/[NH2+]CCN3CCOCC3)cc2n1. The first-order valence-corrected chi connectivity index (χ1v) is 9.64. The molecule has 1 aliphatic heterocycles. The molecule has 138 valence electrons. The van der Waals surface area contributed by atoms with Gasteiger partial charge in [0, 0.05) is 44.7 Å². The summed E-state index contributed by atoms with van der Waals surface area (Å²) in [5.41, 5.74) is 3.45. The van der Waals surface area contributed by atoms with E-state index in [4.69, 9.17) is 10.1 Å². The highest BCUT2D eigenvalue weighted by Gasteiger charge is 2.10. The third-order valence-electron chi connectivity index (χ3n) is 4.34. The lowest BCUT2D eigenvalue weighted by Crippen LogP contribution is -2.80. The first-order chi connectivity index (χ1) is 12.7. The highest BCUT2D eigenvalue weighted by Crippen LogP contribution is 2.20. The molecule has 3 N–H and O–H groups in total. The van der Waals surface area contributed by atoms with Gasteiger partial charge in [-0.25, -0.2) is 4.98 Å². The number of nitrogens with two attached hydrogens (primary N) is 1. The van der Waals surface area contributed by atoms with Gasteiger partial charge in [-0.05, 0) is 18.2 Å². The lowest BCUT2D eigenvalue weighted by Gasteiger charge is -2.25. The third-order valence-corrected chi connectivity index (χ3v) is 4.83. The summed E-state index contributed by atoms with van der Waals surface area (Å²) in [6, 6.07) is 5.92. The van der Waals surface area contributed by atoms with Gasteiger partial charge in [0.25, 0.3) is 0 Å². The molecule has 3 rings (SSSR count). The normalized spacial score (nSPS) is 16.0. The van der Waals surface area contributed by atoms with Crippen LogP contribution in [0.3, 0.4) is 0 Å². The molecule has 7 nitrogen and oxygen atoms in total. The van der Waals surface area contributed by atoms with Crippen molar-refractivity contribution < 1.29 is 10.1 Å². The average Bonchev–Trinajstić information content (AvgIpc) is 2.68. The summed E-state index contributed by atoms with van der Waals surface area (Å²) in [6.45, 7) is 5.64. The second kappa shape index (κ2) is 9.36. The molecular weight excluding hydrogens is 443 g/mol. The minimum Gasteiger partial charge on any atom is -0.379 e. The summed E-state index contributed by atoms with van der Waals surface area (Å²) >= 11 is 2.20. The molecule has 0 radical (unpaired) electrons. The Kier molecular flexibility index (Phi) is 6.89. The van der Waals surface area contributed by atoms with Crippen molar-refractivity contribution in [1.82, 2.24) is 14.9 Å². The molecule has 0 amide bonds. The van der Waals surface area contributed by atoms with E-state index in [1.807, 2.05) is 40.8 Å². The molecule has 0 aliphatic carbocycles. The van der Waals surface area contributed by atoms with Crippen LogP contribution < -0.4 is 8.43 Å². The fourth-order valence-corrected chi connectivity index (χ4v) is 3.11. The van der Waals surface area contributed by atoms with E-state index in [1.165, 1.54) is 6.21 Å². The molecule has 26 heavy (non-hydrogen) atoms. The van der Waals surface area contributed by atoms with Gasteiger partial charge in [0.2, 0.25) is 0 Å². The van der Waals surface area contributed by atoms with Crippen LogP contribution in [0.2, 0.25) is 0 Å². The maximum atomic E-state index is 7.75. The van der Waals surface area contributed by atoms with Gasteiger partial charge in [0.1, 0.15) is 12.0 Å². The molecule has 0 bridgehead atoms. The van der Waals surface area contributed by atoms with Crippen LogP contribution in [-0.4, -0.2) is 67.5 Å². The number of fused-ring (bicyclic) bond motifs is 1. The molecule has 1 fully saturated rings. The van der Waals surface area contributed by atoms with Crippen LogP contribution in [0.15, 0.2) is 30.6 Å². The van der Waals surface area contributed by atoms with E-state index < -0.39 is 0 Å². The van der Waals surface area contributed by atoms with Crippen LogP contribution in [0.4, 0.5) is 5.82 Å². The Balaban J connectivity index is 1.68. The van der Waals surface area contributed by atoms with E-state index in [0.717, 1.165) is 67.4 Å². The second-order valence-electron chi connectivity index (χ2n) is 6.15. The number of nitrogens with zero attached hydrogens (tertiary/aromatic N) is 4. The lowest BCUT2D eigenvalue weighted by molar-refractivity contribution is -0.586. The van der Waals surface area contributed by atoms with E-state index in [1.54, 1.807) is 0 Å². The highest BCUT2D eigenvalue weighted by molar-refractivity contribution is 14.1. The van der Waals surface area contributed by atoms with Gasteiger partial charge in [-0.1, -0.05) is 0 Å². The predicted molar refractivity (Wildman–Crippen MR) is 113 cm³/mol. The van der Waals surface area contributed by atoms with E-state index in [-0.39, 0.29) is 0 Å². The van der Waals surface area contributed by atoms with Crippen molar-refractivity contribution in [2.24, 2.45) is 0 Å². The molecule has 1 aliphatic rings. The fraction of sp³-hybridized carbons (Fsp3) is 0.389. The van der Waals surface area contributed by atoms with Gasteiger partial charge in [0.15, 0.2) is 0 Å². The van der Waals surface area contributed by atoms with Crippen molar-refractivity contribution in [2.75, 3.05) is 49.6 Å². The summed E-state index contributed by atoms with van der Waals surface area (Å²) < 4.78 is 7.31. The number of allylic oxidation sites excluding steroid dienone is 1. The molecule has 0 unspecified atom stereocenters. The lowest BCUT2D eigenvalue weighted by atomic mass is 10.1. The minimum absolute atomic E-state index is 0.825. The standard InChI is InChI=1S/C18H23IN6O/c1-24(19)18-3-2-16-17(23-18)10-14(13-22-16)15(11-20)12-21-4-5-25-6-8-26-9-7-25/h2-3,10-13,20-21H,4-9H2,1H3/p+1/b15-12+,20-11?. The van der Waals surface area contributed by atoms with Crippen LogP contribution in [0, 0.1) is 5.41 Å². The smallest absolute Gasteiger partial charge is 0.137 e. The summed E-state index contributed by atoms with van der Waals surface area (Å²) in [6.07, 6.45) is 5.19.